The Morgan fingerprint density at radius 2 is 2.00 bits per heavy atom. The fourth-order valence-corrected chi connectivity index (χ4v) is 3.46. The van der Waals surface area contributed by atoms with Crippen LogP contribution in [0.4, 0.5) is 5.69 Å². The third-order valence-corrected chi connectivity index (χ3v) is 4.71. The van der Waals surface area contributed by atoms with E-state index in [1.54, 1.807) is 6.07 Å². The zero-order chi connectivity index (χ0) is 14.8. The highest BCUT2D eigenvalue weighted by Crippen LogP contribution is 2.23. The smallest absolute Gasteiger partial charge is 0.241 e. The van der Waals surface area contributed by atoms with Gasteiger partial charge in [-0.15, -0.1) is 0 Å². The van der Waals surface area contributed by atoms with Gasteiger partial charge in [0.15, 0.2) is 0 Å². The molecule has 21 heavy (non-hydrogen) atoms. The highest BCUT2D eigenvalue weighted by Gasteiger charge is 2.24. The van der Waals surface area contributed by atoms with E-state index >= 15 is 0 Å². The molecule has 1 unspecified atom stereocenters. The molecule has 0 fully saturated rings. The van der Waals surface area contributed by atoms with Gasteiger partial charge >= 0.3 is 0 Å². The fraction of sp³-hybridized carbons (Fsp3) is 0.188. The Hall–Kier alpha value is -1.11. The van der Waals surface area contributed by atoms with E-state index in [9.17, 15) is 4.79 Å². The summed E-state index contributed by atoms with van der Waals surface area (Å²) in [5, 5.41) is 6.92. The van der Waals surface area contributed by atoms with Crippen LogP contribution < -0.4 is 10.6 Å². The number of amides is 1. The molecule has 0 saturated heterocycles. The topological polar surface area (TPSA) is 41.1 Å². The molecule has 0 bridgehead atoms. The van der Waals surface area contributed by atoms with E-state index in [2.05, 4.69) is 45.4 Å². The number of anilines is 1. The molecule has 0 aliphatic carbocycles. The SMILES string of the molecule is O=C(Nc1ccc(Cl)cc1I)C1Cc2ccccc2CN1. The van der Waals surface area contributed by atoms with Gasteiger partial charge < -0.3 is 10.6 Å². The van der Waals surface area contributed by atoms with E-state index in [0.717, 1.165) is 15.8 Å². The van der Waals surface area contributed by atoms with Crippen LogP contribution in [0.1, 0.15) is 11.1 Å². The van der Waals surface area contributed by atoms with Crippen LogP contribution in [0.5, 0.6) is 0 Å². The predicted octanol–water partition coefficient (Wildman–Crippen LogP) is 3.60. The molecule has 2 N–H and O–H groups in total. The molecule has 0 spiro atoms. The maximum Gasteiger partial charge on any atom is 0.241 e. The number of fused-ring (bicyclic) bond motifs is 1. The average molecular weight is 413 g/mol. The number of carbonyl (C=O) groups excluding carboxylic acids is 1. The molecule has 108 valence electrons. The standard InChI is InChI=1S/C16H14ClIN2O/c17-12-5-6-14(13(18)8-12)20-16(21)15-7-10-3-1-2-4-11(10)9-19-15/h1-6,8,15,19H,7,9H2,(H,20,21). The largest absolute Gasteiger partial charge is 0.324 e. The summed E-state index contributed by atoms with van der Waals surface area (Å²) in [5.74, 6) is -0.00950. The molecule has 1 aliphatic rings. The second-order valence-corrected chi connectivity index (χ2v) is 6.62. The van der Waals surface area contributed by atoms with E-state index in [4.69, 9.17) is 11.6 Å². The molecule has 0 radical (unpaired) electrons. The molecule has 1 atom stereocenters. The Kier molecular flexibility index (Phi) is 4.47. The van der Waals surface area contributed by atoms with Crippen LogP contribution in [0, 0.1) is 3.57 Å². The molecule has 1 heterocycles. The van der Waals surface area contributed by atoms with Gasteiger partial charge in [0.1, 0.15) is 0 Å². The quantitative estimate of drug-likeness (QED) is 0.740. The molecule has 3 nitrogen and oxygen atoms in total. The summed E-state index contributed by atoms with van der Waals surface area (Å²) in [6.07, 6.45) is 0.714. The molecule has 3 rings (SSSR count). The van der Waals surface area contributed by atoms with Crippen LogP contribution in [-0.2, 0) is 17.8 Å². The number of rotatable bonds is 2. The molecular weight excluding hydrogens is 399 g/mol. The molecule has 1 amide bonds. The summed E-state index contributed by atoms with van der Waals surface area (Å²) in [6.45, 7) is 0.728. The van der Waals surface area contributed by atoms with Crippen molar-refractivity contribution in [2.24, 2.45) is 0 Å². The van der Waals surface area contributed by atoms with Crippen molar-refractivity contribution < 1.29 is 4.79 Å². The zero-order valence-corrected chi connectivity index (χ0v) is 14.1. The lowest BCUT2D eigenvalue weighted by Crippen LogP contribution is -2.44. The summed E-state index contributed by atoms with van der Waals surface area (Å²) in [6, 6.07) is 13.5. The van der Waals surface area contributed by atoms with Gasteiger partial charge in [-0.3, -0.25) is 4.79 Å². The van der Waals surface area contributed by atoms with Crippen molar-refractivity contribution in [1.29, 1.82) is 0 Å². The summed E-state index contributed by atoms with van der Waals surface area (Å²) >= 11 is 8.10. The van der Waals surface area contributed by atoms with Gasteiger partial charge in [-0.25, -0.2) is 0 Å². The zero-order valence-electron chi connectivity index (χ0n) is 11.2. The third kappa shape index (κ3) is 3.39. The van der Waals surface area contributed by atoms with Gasteiger partial charge in [-0.1, -0.05) is 35.9 Å². The number of carbonyl (C=O) groups is 1. The van der Waals surface area contributed by atoms with Crippen molar-refractivity contribution in [3.63, 3.8) is 0 Å². The van der Waals surface area contributed by atoms with Gasteiger partial charge in [0.2, 0.25) is 5.91 Å². The molecular formula is C16H14ClIN2O. The van der Waals surface area contributed by atoms with Gasteiger partial charge in [0, 0.05) is 15.1 Å². The summed E-state index contributed by atoms with van der Waals surface area (Å²) < 4.78 is 0.935. The Bertz CT molecular complexity index is 690. The normalized spacial score (nSPS) is 17.1. The van der Waals surface area contributed by atoms with E-state index in [0.29, 0.717) is 11.4 Å². The lowest BCUT2D eigenvalue weighted by Gasteiger charge is -2.25. The van der Waals surface area contributed by atoms with E-state index in [1.807, 2.05) is 24.3 Å². The number of hydrogen-bond acceptors (Lipinski definition) is 2. The maximum absolute atomic E-state index is 12.4. The van der Waals surface area contributed by atoms with Crippen molar-refractivity contribution in [2.75, 3.05) is 5.32 Å². The average Bonchev–Trinajstić information content (AvgIpc) is 2.49. The summed E-state index contributed by atoms with van der Waals surface area (Å²) in [7, 11) is 0. The van der Waals surface area contributed by atoms with Gasteiger partial charge in [0.25, 0.3) is 0 Å². The molecule has 2 aromatic carbocycles. The molecule has 0 aromatic heterocycles. The maximum atomic E-state index is 12.4. The van der Waals surface area contributed by atoms with Crippen LogP contribution in [-0.4, -0.2) is 11.9 Å². The first-order valence-electron chi connectivity index (χ1n) is 6.69. The first kappa shape index (κ1) is 14.8. The summed E-state index contributed by atoms with van der Waals surface area (Å²) in [4.78, 5) is 12.4. The number of benzene rings is 2. The molecule has 2 aromatic rings. The first-order chi connectivity index (χ1) is 10.1. The van der Waals surface area contributed by atoms with Crippen LogP contribution in [0.25, 0.3) is 0 Å². The van der Waals surface area contributed by atoms with E-state index in [-0.39, 0.29) is 11.9 Å². The van der Waals surface area contributed by atoms with Gasteiger partial charge in [-0.05, 0) is 58.3 Å². The van der Waals surface area contributed by atoms with Crippen molar-refractivity contribution in [3.05, 3.63) is 62.2 Å². The van der Waals surface area contributed by atoms with Crippen LogP contribution in [0.15, 0.2) is 42.5 Å². The minimum Gasteiger partial charge on any atom is -0.324 e. The first-order valence-corrected chi connectivity index (χ1v) is 8.15. The van der Waals surface area contributed by atoms with Crippen LogP contribution >= 0.6 is 34.2 Å². The Morgan fingerprint density at radius 3 is 2.76 bits per heavy atom. The van der Waals surface area contributed by atoms with Crippen LogP contribution in [0.2, 0.25) is 5.02 Å². The van der Waals surface area contributed by atoms with Crippen molar-refractivity contribution in [2.45, 2.75) is 19.0 Å². The molecule has 5 heteroatoms. The Labute approximate surface area is 142 Å². The van der Waals surface area contributed by atoms with Gasteiger partial charge in [0.05, 0.1) is 11.7 Å². The lowest BCUT2D eigenvalue weighted by molar-refractivity contribution is -0.118. The number of hydrogen-bond donors (Lipinski definition) is 2. The second-order valence-electron chi connectivity index (χ2n) is 5.02. The van der Waals surface area contributed by atoms with Gasteiger partial charge in [-0.2, -0.15) is 0 Å². The number of halogens is 2. The minimum atomic E-state index is -0.202. The molecule has 0 saturated carbocycles. The van der Waals surface area contributed by atoms with Crippen molar-refractivity contribution >= 4 is 45.8 Å². The fourth-order valence-electron chi connectivity index (χ4n) is 2.45. The van der Waals surface area contributed by atoms with Crippen LogP contribution in [0.3, 0.4) is 0 Å². The monoisotopic (exact) mass is 412 g/mol. The molecule has 1 aliphatic heterocycles. The number of nitrogens with one attached hydrogen (secondary N) is 2. The Balaban J connectivity index is 1.72. The highest BCUT2D eigenvalue weighted by atomic mass is 127. The third-order valence-electron chi connectivity index (χ3n) is 3.59. The van der Waals surface area contributed by atoms with E-state index in [1.165, 1.54) is 11.1 Å². The highest BCUT2D eigenvalue weighted by molar-refractivity contribution is 14.1. The second kappa shape index (κ2) is 6.34. The minimum absolute atomic E-state index is 0.00950. The van der Waals surface area contributed by atoms with Crippen molar-refractivity contribution in [1.82, 2.24) is 5.32 Å². The predicted molar refractivity (Wildman–Crippen MR) is 93.6 cm³/mol. The summed E-state index contributed by atoms with van der Waals surface area (Å²) in [5.41, 5.74) is 3.30. The van der Waals surface area contributed by atoms with Crippen molar-refractivity contribution in [3.8, 4) is 0 Å². The van der Waals surface area contributed by atoms with E-state index < -0.39 is 0 Å². The lowest BCUT2D eigenvalue weighted by atomic mass is 9.95. The Morgan fingerprint density at radius 1 is 1.24 bits per heavy atom.